The number of rotatable bonds is 4. The second-order valence-electron chi connectivity index (χ2n) is 6.63. The number of halogens is 3. The van der Waals surface area contributed by atoms with Crippen molar-refractivity contribution in [2.24, 2.45) is 5.92 Å². The summed E-state index contributed by atoms with van der Waals surface area (Å²) >= 11 is 0. The van der Waals surface area contributed by atoms with E-state index in [1.54, 1.807) is 0 Å². The van der Waals surface area contributed by atoms with Crippen LogP contribution in [0.5, 0.6) is 0 Å². The van der Waals surface area contributed by atoms with Crippen molar-refractivity contribution in [2.45, 2.75) is 25.6 Å². The van der Waals surface area contributed by atoms with E-state index in [0.29, 0.717) is 31.7 Å². The van der Waals surface area contributed by atoms with Crippen molar-refractivity contribution in [3.63, 3.8) is 0 Å². The number of alkyl halides is 3. The van der Waals surface area contributed by atoms with Gasteiger partial charge in [0.25, 0.3) is 5.56 Å². The molecule has 1 aliphatic heterocycles. The Kier molecular flexibility index (Phi) is 5.31. The molecule has 27 heavy (non-hydrogen) atoms. The predicted octanol–water partition coefficient (Wildman–Crippen LogP) is 2.18. The summed E-state index contributed by atoms with van der Waals surface area (Å²) in [4.78, 5) is 42.0. The van der Waals surface area contributed by atoms with E-state index in [2.05, 4.69) is 9.97 Å². The van der Waals surface area contributed by atoms with Crippen molar-refractivity contribution in [2.75, 3.05) is 13.1 Å². The van der Waals surface area contributed by atoms with E-state index in [4.69, 9.17) is 0 Å². The van der Waals surface area contributed by atoms with E-state index in [1.807, 2.05) is 4.90 Å². The highest BCUT2D eigenvalue weighted by Gasteiger charge is 2.31. The SMILES string of the molecule is O=C(c1ccc(C(F)(F)F)cc1)C1CCCN(Cc2cc(=O)[nH]c(=O)[nH]2)C1. The number of ketones is 1. The van der Waals surface area contributed by atoms with Crippen molar-refractivity contribution in [1.29, 1.82) is 0 Å². The molecule has 2 heterocycles. The Morgan fingerprint density at radius 2 is 1.85 bits per heavy atom. The normalized spacial score (nSPS) is 18.4. The number of likely N-dealkylation sites (tertiary alicyclic amines) is 1. The number of hydrogen-bond donors (Lipinski definition) is 2. The number of nitrogens with one attached hydrogen (secondary N) is 2. The molecule has 0 aliphatic carbocycles. The van der Waals surface area contributed by atoms with Gasteiger partial charge in [0, 0.05) is 36.3 Å². The molecule has 1 atom stereocenters. The number of carbonyl (C=O) groups is 1. The van der Waals surface area contributed by atoms with Crippen LogP contribution in [0, 0.1) is 5.92 Å². The first-order valence-corrected chi connectivity index (χ1v) is 8.49. The van der Waals surface area contributed by atoms with Crippen LogP contribution in [0.25, 0.3) is 0 Å². The van der Waals surface area contributed by atoms with Crippen molar-refractivity contribution in [1.82, 2.24) is 14.9 Å². The number of hydrogen-bond acceptors (Lipinski definition) is 4. The van der Waals surface area contributed by atoms with E-state index in [0.717, 1.165) is 18.6 Å². The maximum Gasteiger partial charge on any atom is 0.416 e. The Morgan fingerprint density at radius 1 is 1.15 bits per heavy atom. The molecule has 0 radical (unpaired) electrons. The van der Waals surface area contributed by atoms with E-state index in [-0.39, 0.29) is 17.3 Å². The topological polar surface area (TPSA) is 86.0 Å². The van der Waals surface area contributed by atoms with Crippen LogP contribution in [0.2, 0.25) is 0 Å². The van der Waals surface area contributed by atoms with Crippen LogP contribution in [-0.2, 0) is 12.7 Å². The first-order chi connectivity index (χ1) is 12.7. The third-order valence-corrected chi connectivity index (χ3v) is 4.58. The summed E-state index contributed by atoms with van der Waals surface area (Å²) in [5.41, 5.74) is -1.18. The maximum absolute atomic E-state index is 12.6. The number of H-pyrrole nitrogens is 2. The van der Waals surface area contributed by atoms with Crippen LogP contribution >= 0.6 is 0 Å². The second kappa shape index (κ2) is 7.51. The zero-order valence-electron chi connectivity index (χ0n) is 14.3. The molecule has 1 unspecified atom stereocenters. The van der Waals surface area contributed by atoms with Crippen LogP contribution in [0.1, 0.15) is 34.5 Å². The molecule has 1 aliphatic rings. The van der Waals surface area contributed by atoms with Gasteiger partial charge in [0.2, 0.25) is 0 Å². The van der Waals surface area contributed by atoms with Crippen LogP contribution < -0.4 is 11.2 Å². The van der Waals surface area contributed by atoms with Gasteiger partial charge in [0.15, 0.2) is 5.78 Å². The molecule has 1 fully saturated rings. The lowest BCUT2D eigenvalue weighted by Crippen LogP contribution is -2.39. The van der Waals surface area contributed by atoms with Crippen LogP contribution in [0.4, 0.5) is 13.2 Å². The summed E-state index contributed by atoms with van der Waals surface area (Å²) < 4.78 is 37.9. The number of benzene rings is 1. The van der Waals surface area contributed by atoms with E-state index in [1.165, 1.54) is 18.2 Å². The van der Waals surface area contributed by atoms with E-state index in [9.17, 15) is 27.6 Å². The molecule has 0 bridgehead atoms. The molecule has 9 heteroatoms. The van der Waals surface area contributed by atoms with Gasteiger partial charge in [-0.2, -0.15) is 13.2 Å². The van der Waals surface area contributed by atoms with Gasteiger partial charge in [-0.15, -0.1) is 0 Å². The number of aromatic nitrogens is 2. The largest absolute Gasteiger partial charge is 0.416 e. The third-order valence-electron chi connectivity index (χ3n) is 4.58. The minimum absolute atomic E-state index is 0.201. The molecular weight excluding hydrogens is 363 g/mol. The van der Waals surface area contributed by atoms with Crippen LogP contribution in [0.3, 0.4) is 0 Å². The lowest BCUT2D eigenvalue weighted by atomic mass is 9.89. The molecule has 144 valence electrons. The Balaban J connectivity index is 1.69. The standard InChI is InChI=1S/C18H18F3N3O3/c19-18(20,21)13-5-3-11(4-6-13)16(26)12-2-1-7-24(9-12)10-14-8-15(25)23-17(27)22-14/h3-6,8,12H,1-2,7,9-10H2,(H2,22,23,25,27). The zero-order chi connectivity index (χ0) is 19.6. The van der Waals surface area contributed by atoms with Crippen molar-refractivity contribution in [3.05, 3.63) is 68.0 Å². The van der Waals surface area contributed by atoms with Gasteiger partial charge in [-0.05, 0) is 31.5 Å². The van der Waals surface area contributed by atoms with Crippen LogP contribution in [0.15, 0.2) is 39.9 Å². The number of Topliss-reactive ketones (excluding diaryl/α,β-unsaturated/α-hetero) is 1. The summed E-state index contributed by atoms with van der Waals surface area (Å²) in [5, 5.41) is 0. The van der Waals surface area contributed by atoms with Gasteiger partial charge < -0.3 is 4.98 Å². The summed E-state index contributed by atoms with van der Waals surface area (Å²) in [6.45, 7) is 1.43. The summed E-state index contributed by atoms with van der Waals surface area (Å²) in [7, 11) is 0. The Labute approximate surface area is 152 Å². The smallest absolute Gasteiger partial charge is 0.310 e. The molecule has 0 amide bonds. The average Bonchev–Trinajstić information content (AvgIpc) is 2.60. The molecule has 1 saturated heterocycles. The van der Waals surface area contributed by atoms with Gasteiger partial charge in [-0.25, -0.2) is 4.79 Å². The number of aromatic amines is 2. The molecule has 0 saturated carbocycles. The van der Waals surface area contributed by atoms with Gasteiger partial charge in [0.1, 0.15) is 0 Å². The molecule has 1 aromatic carbocycles. The van der Waals surface area contributed by atoms with Gasteiger partial charge in [-0.3, -0.25) is 19.5 Å². The molecule has 1 aromatic heterocycles. The molecule has 6 nitrogen and oxygen atoms in total. The Bertz CT molecular complexity index is 903. The number of carbonyl (C=O) groups excluding carboxylic acids is 1. The quantitative estimate of drug-likeness (QED) is 0.795. The van der Waals surface area contributed by atoms with E-state index < -0.39 is 23.0 Å². The minimum atomic E-state index is -4.44. The van der Waals surface area contributed by atoms with Crippen LogP contribution in [-0.4, -0.2) is 33.7 Å². The first-order valence-electron chi connectivity index (χ1n) is 8.49. The minimum Gasteiger partial charge on any atom is -0.310 e. The van der Waals surface area contributed by atoms with Gasteiger partial charge >= 0.3 is 11.9 Å². The van der Waals surface area contributed by atoms with Crippen molar-refractivity contribution >= 4 is 5.78 Å². The molecular formula is C18H18F3N3O3. The lowest BCUT2D eigenvalue weighted by Gasteiger charge is -2.31. The number of piperidine rings is 1. The highest BCUT2D eigenvalue weighted by atomic mass is 19.4. The number of nitrogens with zero attached hydrogens (tertiary/aromatic N) is 1. The Hall–Kier alpha value is -2.68. The molecule has 0 spiro atoms. The maximum atomic E-state index is 12.6. The molecule has 2 aromatic rings. The zero-order valence-corrected chi connectivity index (χ0v) is 14.3. The lowest BCUT2D eigenvalue weighted by molar-refractivity contribution is -0.137. The fourth-order valence-corrected chi connectivity index (χ4v) is 3.32. The van der Waals surface area contributed by atoms with Crippen molar-refractivity contribution in [3.8, 4) is 0 Å². The van der Waals surface area contributed by atoms with Gasteiger partial charge in [-0.1, -0.05) is 12.1 Å². The summed E-state index contributed by atoms with van der Waals surface area (Å²) in [6.07, 6.45) is -3.06. The summed E-state index contributed by atoms with van der Waals surface area (Å²) in [5.74, 6) is -0.544. The highest BCUT2D eigenvalue weighted by Crippen LogP contribution is 2.30. The van der Waals surface area contributed by atoms with Gasteiger partial charge in [0.05, 0.1) is 5.56 Å². The second-order valence-corrected chi connectivity index (χ2v) is 6.63. The third kappa shape index (κ3) is 4.73. The molecule has 3 rings (SSSR count). The molecule has 2 N–H and O–H groups in total. The fraction of sp³-hybridized carbons (Fsp3) is 0.389. The fourth-order valence-electron chi connectivity index (χ4n) is 3.32. The average molecular weight is 381 g/mol. The van der Waals surface area contributed by atoms with E-state index >= 15 is 0 Å². The Morgan fingerprint density at radius 3 is 2.48 bits per heavy atom. The van der Waals surface area contributed by atoms with Crippen molar-refractivity contribution < 1.29 is 18.0 Å². The summed E-state index contributed by atoms with van der Waals surface area (Å²) in [6, 6.07) is 5.53. The highest BCUT2D eigenvalue weighted by molar-refractivity contribution is 5.98. The monoisotopic (exact) mass is 381 g/mol. The first kappa shape index (κ1) is 19.1. The predicted molar refractivity (Wildman–Crippen MR) is 91.5 cm³/mol.